The van der Waals surface area contributed by atoms with Gasteiger partial charge in [-0.2, -0.15) is 0 Å². The molecule has 0 aliphatic heterocycles. The Morgan fingerprint density at radius 1 is 0.733 bits per heavy atom. The normalized spacial score (nSPS) is 16.4. The van der Waals surface area contributed by atoms with E-state index in [0.29, 0.717) is 24.0 Å². The minimum Gasteiger partial charge on any atom is -0.490 e. The van der Waals surface area contributed by atoms with Gasteiger partial charge in [-0.3, -0.25) is 4.79 Å². The minimum atomic E-state index is -3.37. The number of nitrogens with one attached hydrogen (secondary N) is 2. The van der Waals surface area contributed by atoms with Crippen molar-refractivity contribution in [3.8, 4) is 17.2 Å². The standard InChI is InChI=1S/C35H36N2O7S/c38-34(37-33-9-5-4-8-32(33)35(39)40)22-25-10-14-28(15-11-25)43-30-18-20-31(21-19-30)44-29-16-12-26(13-17-29)23-36-45(41,42)24-27-6-2-1-3-7-27/h1-11,14-15,18-21,26,29,36H,12-13,16-17,22-24H2,(H,37,38)(H,39,40). The maximum atomic E-state index is 12.5. The second kappa shape index (κ2) is 14.9. The average Bonchev–Trinajstić information content (AvgIpc) is 3.03. The Kier molecular flexibility index (Phi) is 10.5. The summed E-state index contributed by atoms with van der Waals surface area (Å²) >= 11 is 0. The summed E-state index contributed by atoms with van der Waals surface area (Å²) in [5.74, 6) is 0.870. The highest BCUT2D eigenvalue weighted by Crippen LogP contribution is 2.29. The lowest BCUT2D eigenvalue weighted by Crippen LogP contribution is -2.34. The number of hydrogen-bond acceptors (Lipinski definition) is 6. The highest BCUT2D eigenvalue weighted by atomic mass is 32.2. The molecule has 0 saturated heterocycles. The van der Waals surface area contributed by atoms with Gasteiger partial charge in [-0.15, -0.1) is 0 Å². The smallest absolute Gasteiger partial charge is 0.337 e. The second-order valence-corrected chi connectivity index (χ2v) is 13.0. The number of carboxylic acid groups (broad SMARTS) is 1. The van der Waals surface area contributed by atoms with Gasteiger partial charge in [0.05, 0.1) is 29.5 Å². The van der Waals surface area contributed by atoms with Crippen molar-refractivity contribution < 1.29 is 32.6 Å². The van der Waals surface area contributed by atoms with E-state index in [1.54, 1.807) is 42.5 Å². The molecule has 45 heavy (non-hydrogen) atoms. The first kappa shape index (κ1) is 31.7. The van der Waals surface area contributed by atoms with E-state index >= 15 is 0 Å². The van der Waals surface area contributed by atoms with Crippen molar-refractivity contribution in [2.24, 2.45) is 5.92 Å². The van der Waals surface area contributed by atoms with E-state index in [2.05, 4.69) is 10.0 Å². The van der Waals surface area contributed by atoms with Crippen LogP contribution in [0.5, 0.6) is 17.2 Å². The molecule has 1 fully saturated rings. The van der Waals surface area contributed by atoms with Gasteiger partial charge in [-0.05, 0) is 91.3 Å². The summed E-state index contributed by atoms with van der Waals surface area (Å²) in [4.78, 5) is 23.8. The average molecular weight is 629 g/mol. The predicted octanol–water partition coefficient (Wildman–Crippen LogP) is 6.42. The fraction of sp³-hybridized carbons (Fsp3) is 0.257. The third-order valence-electron chi connectivity index (χ3n) is 7.67. The van der Waals surface area contributed by atoms with Gasteiger partial charge in [0.2, 0.25) is 15.9 Å². The van der Waals surface area contributed by atoms with Crippen LogP contribution in [0.15, 0.2) is 103 Å². The molecule has 1 saturated carbocycles. The Morgan fingerprint density at radius 3 is 2.00 bits per heavy atom. The first-order valence-corrected chi connectivity index (χ1v) is 16.5. The summed E-state index contributed by atoms with van der Waals surface area (Å²) in [6.45, 7) is 0.448. The van der Waals surface area contributed by atoms with E-state index in [1.807, 2.05) is 54.6 Å². The monoisotopic (exact) mass is 628 g/mol. The van der Waals surface area contributed by atoms with Crippen LogP contribution in [-0.2, 0) is 27.0 Å². The quantitative estimate of drug-likeness (QED) is 0.156. The zero-order valence-electron chi connectivity index (χ0n) is 24.7. The van der Waals surface area contributed by atoms with Crippen LogP contribution >= 0.6 is 0 Å². The van der Waals surface area contributed by atoms with Gasteiger partial charge in [0.1, 0.15) is 17.2 Å². The molecule has 0 aromatic heterocycles. The summed E-state index contributed by atoms with van der Waals surface area (Å²) in [7, 11) is -3.37. The van der Waals surface area contributed by atoms with Gasteiger partial charge in [-0.1, -0.05) is 54.6 Å². The van der Waals surface area contributed by atoms with Crippen molar-refractivity contribution >= 4 is 27.6 Å². The molecule has 0 radical (unpaired) electrons. The van der Waals surface area contributed by atoms with Crippen LogP contribution < -0.4 is 19.5 Å². The molecule has 5 rings (SSSR count). The van der Waals surface area contributed by atoms with E-state index in [9.17, 15) is 23.1 Å². The number of hydrogen-bond donors (Lipinski definition) is 3. The molecule has 1 aliphatic rings. The molecule has 0 heterocycles. The van der Waals surface area contributed by atoms with E-state index in [4.69, 9.17) is 9.47 Å². The van der Waals surface area contributed by atoms with Crippen molar-refractivity contribution in [1.82, 2.24) is 4.72 Å². The van der Waals surface area contributed by atoms with Crippen LogP contribution in [0.25, 0.3) is 0 Å². The molecule has 0 unspecified atom stereocenters. The molecular weight excluding hydrogens is 592 g/mol. The van der Waals surface area contributed by atoms with Crippen molar-refractivity contribution in [1.29, 1.82) is 0 Å². The molecular formula is C35H36N2O7S. The zero-order valence-corrected chi connectivity index (χ0v) is 25.5. The van der Waals surface area contributed by atoms with Crippen molar-refractivity contribution in [2.75, 3.05) is 11.9 Å². The van der Waals surface area contributed by atoms with Crippen LogP contribution in [0.2, 0.25) is 0 Å². The Morgan fingerprint density at radius 2 is 1.33 bits per heavy atom. The zero-order chi connectivity index (χ0) is 31.6. The van der Waals surface area contributed by atoms with E-state index in [1.165, 1.54) is 6.07 Å². The van der Waals surface area contributed by atoms with Gasteiger partial charge in [-0.25, -0.2) is 17.9 Å². The number of carboxylic acids is 1. The third kappa shape index (κ3) is 9.66. The van der Waals surface area contributed by atoms with Crippen LogP contribution in [0.1, 0.15) is 47.2 Å². The van der Waals surface area contributed by atoms with Crippen molar-refractivity contribution in [3.05, 3.63) is 120 Å². The van der Waals surface area contributed by atoms with Gasteiger partial charge in [0.25, 0.3) is 0 Å². The molecule has 4 aromatic carbocycles. The van der Waals surface area contributed by atoms with Gasteiger partial charge in [0, 0.05) is 6.54 Å². The van der Waals surface area contributed by atoms with Crippen LogP contribution in [0.3, 0.4) is 0 Å². The van der Waals surface area contributed by atoms with E-state index < -0.39 is 16.0 Å². The van der Waals surface area contributed by atoms with Gasteiger partial charge < -0.3 is 19.9 Å². The summed E-state index contributed by atoms with van der Waals surface area (Å²) in [5.41, 5.74) is 1.83. The number of rotatable bonds is 13. The molecule has 1 aliphatic carbocycles. The Hall–Kier alpha value is -4.67. The summed E-state index contributed by atoms with van der Waals surface area (Å²) in [5, 5.41) is 12.0. The number of sulfonamides is 1. The Labute approximate surface area is 263 Å². The largest absolute Gasteiger partial charge is 0.490 e. The molecule has 3 N–H and O–H groups in total. The number of amides is 1. The highest BCUT2D eigenvalue weighted by molar-refractivity contribution is 7.88. The molecule has 0 bridgehead atoms. The first-order valence-electron chi connectivity index (χ1n) is 14.9. The number of anilines is 1. The number of benzene rings is 4. The number of aromatic carboxylic acids is 1. The highest BCUT2D eigenvalue weighted by Gasteiger charge is 2.24. The van der Waals surface area contributed by atoms with Gasteiger partial charge in [0.15, 0.2) is 0 Å². The minimum absolute atomic E-state index is 0.0105. The molecule has 1 amide bonds. The number of para-hydroxylation sites is 1. The second-order valence-electron chi connectivity index (χ2n) is 11.1. The first-order chi connectivity index (χ1) is 21.7. The summed E-state index contributed by atoms with van der Waals surface area (Å²) in [6, 6.07) is 30.0. The van der Waals surface area contributed by atoms with Gasteiger partial charge >= 0.3 is 5.97 Å². The molecule has 0 spiro atoms. The fourth-order valence-corrected chi connectivity index (χ4v) is 6.51. The number of ether oxygens (including phenoxy) is 2. The molecule has 9 nitrogen and oxygen atoms in total. The van der Waals surface area contributed by atoms with Crippen LogP contribution in [0, 0.1) is 5.92 Å². The third-order valence-corrected chi connectivity index (χ3v) is 8.99. The predicted molar refractivity (Wildman–Crippen MR) is 172 cm³/mol. The maximum absolute atomic E-state index is 12.5. The lowest BCUT2D eigenvalue weighted by Gasteiger charge is -2.29. The number of carbonyl (C=O) groups is 2. The number of carbonyl (C=O) groups excluding carboxylic acids is 1. The van der Waals surface area contributed by atoms with E-state index in [0.717, 1.165) is 42.6 Å². The Balaban J connectivity index is 1.03. The lowest BCUT2D eigenvalue weighted by molar-refractivity contribution is -0.115. The molecule has 0 atom stereocenters. The molecule has 10 heteroatoms. The maximum Gasteiger partial charge on any atom is 0.337 e. The molecule has 234 valence electrons. The SMILES string of the molecule is O=C(Cc1ccc(Oc2ccc(OC3CCC(CNS(=O)(=O)Cc4ccccc4)CC3)cc2)cc1)Nc1ccccc1C(=O)O. The lowest BCUT2D eigenvalue weighted by atomic mass is 9.87. The topological polar surface area (TPSA) is 131 Å². The van der Waals surface area contributed by atoms with E-state index in [-0.39, 0.29) is 35.4 Å². The molecule has 4 aromatic rings. The Bertz CT molecular complexity index is 1680. The fourth-order valence-electron chi connectivity index (χ4n) is 5.29. The van der Waals surface area contributed by atoms with Crippen LogP contribution in [-0.4, -0.2) is 38.0 Å². The summed E-state index contributed by atoms with van der Waals surface area (Å²) in [6.07, 6.45) is 3.68. The summed E-state index contributed by atoms with van der Waals surface area (Å²) < 4.78 is 39.8. The van der Waals surface area contributed by atoms with Crippen molar-refractivity contribution in [2.45, 2.75) is 44.0 Å². The van der Waals surface area contributed by atoms with Crippen molar-refractivity contribution in [3.63, 3.8) is 0 Å². The van der Waals surface area contributed by atoms with Crippen LogP contribution in [0.4, 0.5) is 5.69 Å².